The fourth-order valence-electron chi connectivity index (χ4n) is 6.82. The van der Waals surface area contributed by atoms with E-state index in [0.717, 1.165) is 80.7 Å². The molecule has 8 aromatic rings. The Balaban J connectivity index is 0.844. The normalized spacial score (nSPS) is 11.3. The van der Waals surface area contributed by atoms with E-state index in [1.807, 2.05) is 97.1 Å². The van der Waals surface area contributed by atoms with Gasteiger partial charge in [0.05, 0.1) is 16.0 Å². The van der Waals surface area contributed by atoms with Crippen LogP contribution in [0.25, 0.3) is 22.3 Å². The van der Waals surface area contributed by atoms with Gasteiger partial charge in [-0.15, -0.1) is 0 Å². The Kier molecular flexibility index (Phi) is 10.7. The van der Waals surface area contributed by atoms with Gasteiger partial charge in [0.2, 0.25) is 0 Å². The molecule has 0 amide bonds. The van der Waals surface area contributed by atoms with Crippen molar-refractivity contribution >= 4 is 34.1 Å². The van der Waals surface area contributed by atoms with Crippen LogP contribution in [0.5, 0.6) is 11.5 Å². The van der Waals surface area contributed by atoms with E-state index < -0.39 is 0 Å². The number of ether oxygens (including phenoxy) is 2. The maximum atomic E-state index is 8.18. The first kappa shape index (κ1) is 33.5. The largest absolute Gasteiger partial charge is 0.494 e. The van der Waals surface area contributed by atoms with Gasteiger partial charge in [0, 0.05) is 34.1 Å². The Bertz CT molecular complexity index is 2370. The minimum atomic E-state index is 0.476. The molecule has 0 saturated carbocycles. The molecule has 0 aliphatic heterocycles. The number of nitrogens with zero attached hydrogens (tertiary/aromatic N) is 2. The minimum absolute atomic E-state index is 0.476. The fraction of sp³-hybridized carbons (Fsp3) is 0.0769. The summed E-state index contributed by atoms with van der Waals surface area (Å²) in [5.74, 6) is 1.69. The second-order valence-electron chi connectivity index (χ2n) is 13.4. The zero-order valence-corrected chi connectivity index (χ0v) is 31.2. The first-order valence-corrected chi connectivity index (χ1v) is 19.1. The van der Waals surface area contributed by atoms with Gasteiger partial charge >= 0.3 is 0 Å². The van der Waals surface area contributed by atoms with Crippen molar-refractivity contribution in [2.45, 2.75) is 12.8 Å². The summed E-state index contributed by atoms with van der Waals surface area (Å²) in [7, 11) is 0. The highest BCUT2D eigenvalue weighted by atomic mass is 16.5. The van der Waals surface area contributed by atoms with E-state index in [-0.39, 0.29) is 0 Å². The van der Waals surface area contributed by atoms with Gasteiger partial charge in [-0.05, 0) is 132 Å². The average molecular weight is 733 g/mol. The highest BCUT2D eigenvalue weighted by Gasteiger charge is 2.14. The second kappa shape index (κ2) is 17.9. The Morgan fingerprint density at radius 3 is 1.07 bits per heavy atom. The number of para-hydroxylation sites is 4. The zero-order valence-electron chi connectivity index (χ0n) is 33.2. The van der Waals surface area contributed by atoms with Crippen molar-refractivity contribution in [1.82, 2.24) is 0 Å². The van der Waals surface area contributed by atoms with Gasteiger partial charge in [0.1, 0.15) is 11.5 Å². The van der Waals surface area contributed by atoms with Crippen molar-refractivity contribution in [3.8, 4) is 33.8 Å². The molecule has 0 bridgehead atoms. The van der Waals surface area contributed by atoms with Crippen molar-refractivity contribution in [2.24, 2.45) is 0 Å². The zero-order chi connectivity index (χ0) is 39.5. The lowest BCUT2D eigenvalue weighted by Crippen LogP contribution is -2.09. The molecule has 0 spiro atoms. The first-order chi connectivity index (χ1) is 28.6. The molecule has 8 rings (SSSR count). The van der Waals surface area contributed by atoms with Crippen LogP contribution in [0.4, 0.5) is 34.1 Å². The van der Waals surface area contributed by atoms with Crippen LogP contribution < -0.4 is 19.3 Å². The minimum Gasteiger partial charge on any atom is -0.494 e. The first-order valence-electron chi connectivity index (χ1n) is 20.1. The van der Waals surface area contributed by atoms with Gasteiger partial charge in [0.25, 0.3) is 0 Å². The lowest BCUT2D eigenvalue weighted by molar-refractivity contribution is 0.266. The SMILES string of the molecule is [3H]c1cccc(N(c2ccccc2)c2ccc(-c3cccc(OCCCCOc4cccc(-c5ccc(N(c6ccccc6)c6cccc([3H])c6)cc5)c4)c3)cc2)c1. The molecule has 4 nitrogen and oxygen atoms in total. The van der Waals surface area contributed by atoms with Crippen LogP contribution in [-0.2, 0) is 0 Å². The van der Waals surface area contributed by atoms with E-state index >= 15 is 0 Å². The van der Waals surface area contributed by atoms with Crippen molar-refractivity contribution in [3.05, 3.63) is 218 Å². The summed E-state index contributed by atoms with van der Waals surface area (Å²) in [5.41, 5.74) is 10.4. The number of unbranched alkanes of at least 4 members (excludes halogenated alkanes) is 1. The van der Waals surface area contributed by atoms with Gasteiger partial charge in [0.15, 0.2) is 0 Å². The summed E-state index contributed by atoms with van der Waals surface area (Å²) in [6.45, 7) is 1.21. The predicted molar refractivity (Wildman–Crippen MR) is 233 cm³/mol. The van der Waals surface area contributed by atoms with Gasteiger partial charge in [-0.1, -0.05) is 121 Å². The number of benzene rings is 8. The van der Waals surface area contributed by atoms with E-state index in [2.05, 4.69) is 107 Å². The van der Waals surface area contributed by atoms with Crippen LogP contribution in [0.2, 0.25) is 0 Å². The van der Waals surface area contributed by atoms with Crippen LogP contribution in [0.15, 0.2) is 218 Å². The molecule has 0 aromatic heterocycles. The summed E-state index contributed by atoms with van der Waals surface area (Å²) < 4.78 is 28.7. The third kappa shape index (κ3) is 8.83. The molecule has 0 unspecified atom stereocenters. The molecule has 0 atom stereocenters. The molecule has 4 heteroatoms. The third-order valence-electron chi connectivity index (χ3n) is 9.59. The lowest BCUT2D eigenvalue weighted by atomic mass is 10.0. The number of hydrogen-bond donors (Lipinski definition) is 0. The molecule has 0 N–H and O–H groups in total. The average Bonchev–Trinajstić information content (AvgIpc) is 3.27. The van der Waals surface area contributed by atoms with Crippen LogP contribution >= 0.6 is 0 Å². The lowest BCUT2D eigenvalue weighted by Gasteiger charge is -2.25. The highest BCUT2D eigenvalue weighted by molar-refractivity contribution is 5.80. The standard InChI is InChI=1S/C52H44N2O2/c1-5-19-45(20-6-1)53(46-21-7-2-8-22-46)49-33-29-41(30-34-49)43-17-15-27-51(39-43)55-37-13-14-38-56-52-28-16-18-44(40-52)42-31-35-50(36-32-42)54(47-23-9-3-10-24-47)48-25-11-4-12-26-48/h1-12,15-36,39-40H,13-14,37-38H2/i5T,9T. The van der Waals surface area contributed by atoms with Gasteiger partial charge < -0.3 is 19.3 Å². The van der Waals surface area contributed by atoms with Crippen LogP contribution in [-0.4, -0.2) is 13.2 Å². The quantitative estimate of drug-likeness (QED) is 0.0980. The number of rotatable bonds is 15. The van der Waals surface area contributed by atoms with Gasteiger partial charge in [-0.25, -0.2) is 0 Å². The third-order valence-corrected chi connectivity index (χ3v) is 9.59. The summed E-state index contributed by atoms with van der Waals surface area (Å²) in [6, 6.07) is 70.2. The predicted octanol–water partition coefficient (Wildman–Crippen LogP) is 14.2. The van der Waals surface area contributed by atoms with Crippen molar-refractivity contribution < 1.29 is 12.2 Å². The van der Waals surface area contributed by atoms with Crippen molar-refractivity contribution in [3.63, 3.8) is 0 Å². The van der Waals surface area contributed by atoms with Gasteiger partial charge in [-0.2, -0.15) is 0 Å². The molecule has 0 heterocycles. The molecule has 0 aliphatic carbocycles. The van der Waals surface area contributed by atoms with E-state index in [4.69, 9.17) is 12.2 Å². The molecule has 56 heavy (non-hydrogen) atoms. The molecule has 274 valence electrons. The molecule has 0 fully saturated rings. The Labute approximate surface area is 333 Å². The Morgan fingerprint density at radius 2 is 0.679 bits per heavy atom. The number of anilines is 6. The molecule has 0 radical (unpaired) electrons. The Hall–Kier alpha value is -7.04. The van der Waals surface area contributed by atoms with Crippen molar-refractivity contribution in [2.75, 3.05) is 23.0 Å². The topological polar surface area (TPSA) is 24.9 Å². The fourth-order valence-corrected chi connectivity index (χ4v) is 6.82. The summed E-state index contributed by atoms with van der Waals surface area (Å²) in [5, 5.41) is 0. The monoisotopic (exact) mass is 732 g/mol. The van der Waals surface area contributed by atoms with E-state index in [0.29, 0.717) is 25.3 Å². The molecular formula is C52H44N2O2. The summed E-state index contributed by atoms with van der Waals surface area (Å²) in [4.78, 5) is 4.34. The summed E-state index contributed by atoms with van der Waals surface area (Å²) >= 11 is 0. The van der Waals surface area contributed by atoms with E-state index in [1.54, 1.807) is 12.1 Å². The number of hydrogen-bond acceptors (Lipinski definition) is 4. The van der Waals surface area contributed by atoms with Crippen LogP contribution in [0, 0.1) is 0 Å². The van der Waals surface area contributed by atoms with E-state index in [1.165, 1.54) is 0 Å². The summed E-state index contributed by atoms with van der Waals surface area (Å²) in [6.07, 6.45) is 1.74. The molecule has 8 aromatic carbocycles. The van der Waals surface area contributed by atoms with Gasteiger partial charge in [-0.3, -0.25) is 0 Å². The molecular weight excluding hydrogens is 685 g/mol. The van der Waals surface area contributed by atoms with E-state index in [9.17, 15) is 0 Å². The molecule has 0 aliphatic rings. The Morgan fingerprint density at radius 1 is 0.321 bits per heavy atom. The smallest absolute Gasteiger partial charge is 0.119 e. The molecule has 0 saturated heterocycles. The maximum absolute atomic E-state index is 8.18. The highest BCUT2D eigenvalue weighted by Crippen LogP contribution is 2.37. The second-order valence-corrected chi connectivity index (χ2v) is 13.4. The van der Waals surface area contributed by atoms with Crippen LogP contribution in [0.3, 0.4) is 0 Å². The van der Waals surface area contributed by atoms with Crippen molar-refractivity contribution in [1.29, 1.82) is 0 Å². The van der Waals surface area contributed by atoms with Crippen LogP contribution in [0.1, 0.15) is 15.6 Å². The maximum Gasteiger partial charge on any atom is 0.119 e.